The first-order chi connectivity index (χ1) is 9.08. The van der Waals surface area contributed by atoms with E-state index in [1.54, 1.807) is 0 Å². The van der Waals surface area contributed by atoms with Crippen molar-refractivity contribution in [3.05, 3.63) is 35.4 Å². The molecule has 1 aliphatic rings. The van der Waals surface area contributed by atoms with Gasteiger partial charge >= 0.3 is 5.97 Å². The zero-order chi connectivity index (χ0) is 13.8. The molecule has 102 valence electrons. The van der Waals surface area contributed by atoms with Crippen molar-refractivity contribution in [3.63, 3.8) is 0 Å². The summed E-state index contributed by atoms with van der Waals surface area (Å²) in [5.74, 6) is -0.831. The molecule has 2 unspecified atom stereocenters. The minimum atomic E-state index is -0.996. The summed E-state index contributed by atoms with van der Waals surface area (Å²) >= 11 is 0. The van der Waals surface area contributed by atoms with Gasteiger partial charge in [0.2, 0.25) is 0 Å². The van der Waals surface area contributed by atoms with Gasteiger partial charge in [-0.05, 0) is 37.6 Å². The van der Waals surface area contributed by atoms with E-state index in [4.69, 9.17) is 9.84 Å². The summed E-state index contributed by atoms with van der Waals surface area (Å²) in [5, 5.41) is 11.6. The quantitative estimate of drug-likeness (QED) is 0.864. The first-order valence-corrected chi connectivity index (χ1v) is 6.31. The predicted octanol–water partition coefficient (Wildman–Crippen LogP) is 1.54. The van der Waals surface area contributed by atoms with Gasteiger partial charge in [-0.1, -0.05) is 0 Å². The number of carboxylic acids is 1. The molecule has 2 N–H and O–H groups in total. The first-order valence-electron chi connectivity index (χ1n) is 6.31. The maximum atomic E-state index is 11.9. The third kappa shape index (κ3) is 3.32. The normalized spacial score (nSPS) is 22.2. The topological polar surface area (TPSA) is 75.6 Å². The van der Waals surface area contributed by atoms with Crippen molar-refractivity contribution in [3.8, 4) is 0 Å². The van der Waals surface area contributed by atoms with Crippen molar-refractivity contribution in [2.45, 2.75) is 19.4 Å². The molecule has 1 saturated heterocycles. The van der Waals surface area contributed by atoms with Gasteiger partial charge in [-0.2, -0.15) is 0 Å². The Hall–Kier alpha value is -1.88. The van der Waals surface area contributed by atoms with E-state index in [9.17, 15) is 9.59 Å². The van der Waals surface area contributed by atoms with Gasteiger partial charge in [0.05, 0.1) is 11.7 Å². The fourth-order valence-electron chi connectivity index (χ4n) is 2.13. The molecule has 19 heavy (non-hydrogen) atoms. The summed E-state index contributed by atoms with van der Waals surface area (Å²) < 4.78 is 5.43. The number of aromatic carboxylic acids is 1. The molecule has 1 aromatic carbocycles. The first kappa shape index (κ1) is 13.5. The molecule has 0 aromatic heterocycles. The molecule has 2 rings (SSSR count). The fraction of sp³-hybridized carbons (Fsp3) is 0.429. The zero-order valence-electron chi connectivity index (χ0n) is 10.8. The largest absolute Gasteiger partial charge is 0.478 e. The lowest BCUT2D eigenvalue weighted by Crippen LogP contribution is -2.31. The summed E-state index contributed by atoms with van der Waals surface area (Å²) in [6.45, 7) is 3.33. The van der Waals surface area contributed by atoms with Gasteiger partial charge in [-0.15, -0.1) is 0 Å². The Morgan fingerprint density at radius 2 is 1.95 bits per heavy atom. The molecule has 0 bridgehead atoms. The van der Waals surface area contributed by atoms with E-state index in [0.717, 1.165) is 13.0 Å². The average Bonchev–Trinajstić information content (AvgIpc) is 2.81. The van der Waals surface area contributed by atoms with E-state index in [-0.39, 0.29) is 17.6 Å². The molecule has 0 saturated carbocycles. The SMILES string of the molecule is CC1OCCC1CNC(=O)c1ccc(C(=O)O)cc1. The third-order valence-corrected chi connectivity index (χ3v) is 3.45. The van der Waals surface area contributed by atoms with Crippen molar-refractivity contribution in [1.29, 1.82) is 0 Å². The second kappa shape index (κ2) is 5.84. The van der Waals surface area contributed by atoms with E-state index in [1.165, 1.54) is 24.3 Å². The van der Waals surface area contributed by atoms with E-state index in [0.29, 0.717) is 18.0 Å². The Bertz CT molecular complexity index is 469. The van der Waals surface area contributed by atoms with Gasteiger partial charge in [0, 0.05) is 24.6 Å². The lowest BCUT2D eigenvalue weighted by atomic mass is 10.0. The fourth-order valence-corrected chi connectivity index (χ4v) is 2.13. The third-order valence-electron chi connectivity index (χ3n) is 3.45. The van der Waals surface area contributed by atoms with E-state index >= 15 is 0 Å². The second-order valence-corrected chi connectivity index (χ2v) is 4.72. The van der Waals surface area contributed by atoms with Crippen LogP contribution in [0.15, 0.2) is 24.3 Å². The van der Waals surface area contributed by atoms with Crippen LogP contribution in [0.3, 0.4) is 0 Å². The highest BCUT2D eigenvalue weighted by atomic mass is 16.5. The number of carbonyl (C=O) groups excluding carboxylic acids is 1. The molecule has 0 aliphatic carbocycles. The zero-order valence-corrected chi connectivity index (χ0v) is 10.8. The molecule has 1 aromatic rings. The average molecular weight is 263 g/mol. The molecule has 1 aliphatic heterocycles. The van der Waals surface area contributed by atoms with E-state index in [1.807, 2.05) is 6.92 Å². The lowest BCUT2D eigenvalue weighted by molar-refractivity contribution is 0.0696. The predicted molar refractivity (Wildman–Crippen MR) is 69.3 cm³/mol. The van der Waals surface area contributed by atoms with Gasteiger partial charge in [-0.25, -0.2) is 4.79 Å². The minimum absolute atomic E-state index is 0.175. The highest BCUT2D eigenvalue weighted by molar-refractivity contribution is 5.95. The summed E-state index contributed by atoms with van der Waals surface area (Å²) in [6, 6.07) is 5.90. The lowest BCUT2D eigenvalue weighted by Gasteiger charge is -2.14. The van der Waals surface area contributed by atoms with Crippen LogP contribution in [0.1, 0.15) is 34.1 Å². The number of carbonyl (C=O) groups is 2. The van der Waals surface area contributed by atoms with Gasteiger partial charge in [0.25, 0.3) is 5.91 Å². The van der Waals surface area contributed by atoms with Crippen LogP contribution in [0, 0.1) is 5.92 Å². The Kier molecular flexibility index (Phi) is 4.16. The van der Waals surface area contributed by atoms with Crippen molar-refractivity contribution >= 4 is 11.9 Å². The molecule has 0 radical (unpaired) electrons. The van der Waals surface area contributed by atoms with Crippen molar-refractivity contribution in [2.75, 3.05) is 13.2 Å². The van der Waals surface area contributed by atoms with Crippen LogP contribution in [-0.4, -0.2) is 36.2 Å². The Morgan fingerprint density at radius 3 is 2.47 bits per heavy atom. The van der Waals surface area contributed by atoms with E-state index < -0.39 is 5.97 Å². The number of carboxylic acid groups (broad SMARTS) is 1. The Labute approximate surface area is 111 Å². The van der Waals surface area contributed by atoms with Crippen LogP contribution < -0.4 is 5.32 Å². The Morgan fingerprint density at radius 1 is 1.32 bits per heavy atom. The number of benzene rings is 1. The number of ether oxygens (including phenoxy) is 1. The maximum Gasteiger partial charge on any atom is 0.335 e. The second-order valence-electron chi connectivity index (χ2n) is 4.72. The smallest absolute Gasteiger partial charge is 0.335 e. The summed E-state index contributed by atoms with van der Waals surface area (Å²) in [6.07, 6.45) is 1.13. The summed E-state index contributed by atoms with van der Waals surface area (Å²) in [4.78, 5) is 22.6. The number of amides is 1. The van der Waals surface area contributed by atoms with Gasteiger partial charge in [-0.3, -0.25) is 4.79 Å². The van der Waals surface area contributed by atoms with Crippen LogP contribution in [0.25, 0.3) is 0 Å². The standard InChI is InChI=1S/C14H17NO4/c1-9-12(6-7-19-9)8-15-13(16)10-2-4-11(5-3-10)14(17)18/h2-5,9,12H,6-8H2,1H3,(H,15,16)(H,17,18). The molecular weight excluding hydrogens is 246 g/mol. The number of hydrogen-bond acceptors (Lipinski definition) is 3. The Balaban J connectivity index is 1.90. The van der Waals surface area contributed by atoms with Crippen LogP contribution in [0.4, 0.5) is 0 Å². The minimum Gasteiger partial charge on any atom is -0.478 e. The summed E-state index contributed by atoms with van der Waals surface area (Å²) in [7, 11) is 0. The van der Waals surface area contributed by atoms with Crippen LogP contribution in [0.5, 0.6) is 0 Å². The molecular formula is C14H17NO4. The molecule has 0 spiro atoms. The monoisotopic (exact) mass is 263 g/mol. The van der Waals surface area contributed by atoms with Crippen LogP contribution in [-0.2, 0) is 4.74 Å². The number of rotatable bonds is 4. The van der Waals surface area contributed by atoms with Crippen molar-refractivity contribution < 1.29 is 19.4 Å². The maximum absolute atomic E-state index is 11.9. The molecule has 2 atom stereocenters. The molecule has 1 heterocycles. The van der Waals surface area contributed by atoms with Gasteiger partial charge in [0.1, 0.15) is 0 Å². The van der Waals surface area contributed by atoms with Gasteiger partial charge in [0.15, 0.2) is 0 Å². The number of hydrogen-bond donors (Lipinski definition) is 2. The highest BCUT2D eigenvalue weighted by Crippen LogP contribution is 2.19. The van der Waals surface area contributed by atoms with Gasteiger partial charge < -0.3 is 15.2 Å². The summed E-state index contributed by atoms with van der Waals surface area (Å²) in [5.41, 5.74) is 0.644. The highest BCUT2D eigenvalue weighted by Gasteiger charge is 2.24. The molecule has 5 heteroatoms. The number of nitrogens with one attached hydrogen (secondary N) is 1. The van der Waals surface area contributed by atoms with Crippen LogP contribution in [0.2, 0.25) is 0 Å². The van der Waals surface area contributed by atoms with Crippen molar-refractivity contribution in [1.82, 2.24) is 5.32 Å². The van der Waals surface area contributed by atoms with Crippen molar-refractivity contribution in [2.24, 2.45) is 5.92 Å². The van der Waals surface area contributed by atoms with Crippen LogP contribution >= 0.6 is 0 Å². The van der Waals surface area contributed by atoms with E-state index in [2.05, 4.69) is 5.32 Å². The molecule has 1 amide bonds. The molecule has 5 nitrogen and oxygen atoms in total. The molecule has 1 fully saturated rings.